The number of hydrogen-bond acceptors (Lipinski definition) is 3. The van der Waals surface area contributed by atoms with Crippen LogP contribution in [0, 0.1) is 11.8 Å². The van der Waals surface area contributed by atoms with Gasteiger partial charge in [-0.1, -0.05) is 37.3 Å². The lowest BCUT2D eigenvalue weighted by Gasteiger charge is -2.35. The molecule has 7 heteroatoms. The van der Waals surface area contributed by atoms with E-state index < -0.39 is 5.97 Å². The maximum absolute atomic E-state index is 12.3. The lowest BCUT2D eigenvalue weighted by molar-refractivity contribution is -0.148. The molecule has 0 spiro atoms. The molecule has 142 valence electrons. The molecule has 1 heterocycles. The van der Waals surface area contributed by atoms with Crippen LogP contribution >= 0.6 is 0 Å². The molecule has 7 nitrogen and oxygen atoms in total. The van der Waals surface area contributed by atoms with Crippen LogP contribution in [0.4, 0.5) is 4.79 Å². The summed E-state index contributed by atoms with van der Waals surface area (Å²) in [7, 11) is 1.71. The van der Waals surface area contributed by atoms with E-state index >= 15 is 0 Å². The van der Waals surface area contributed by atoms with Crippen LogP contribution < -0.4 is 5.32 Å². The van der Waals surface area contributed by atoms with Crippen molar-refractivity contribution in [2.75, 3.05) is 26.7 Å². The second kappa shape index (κ2) is 9.22. The van der Waals surface area contributed by atoms with Gasteiger partial charge in [-0.05, 0) is 17.9 Å². The molecular formula is C19H27N3O4. The SMILES string of the molecule is CC1CN(C(=O)CCNC(=O)N(C)Cc2ccccc2)CCC1C(=O)O. The van der Waals surface area contributed by atoms with Crippen LogP contribution in [0.15, 0.2) is 30.3 Å². The Hall–Kier alpha value is -2.57. The average Bonchev–Trinajstić information content (AvgIpc) is 2.61. The third-order valence-electron chi connectivity index (χ3n) is 4.80. The number of urea groups is 1. The normalized spacial score (nSPS) is 19.7. The van der Waals surface area contributed by atoms with Crippen molar-refractivity contribution in [1.29, 1.82) is 0 Å². The number of likely N-dealkylation sites (tertiary alicyclic amines) is 1. The number of carboxylic acids is 1. The number of carbonyl (C=O) groups excluding carboxylic acids is 2. The number of nitrogens with zero attached hydrogens (tertiary/aromatic N) is 2. The Kier molecular flexibility index (Phi) is 7.00. The molecular weight excluding hydrogens is 334 g/mol. The number of carboxylic acid groups (broad SMARTS) is 1. The predicted molar refractivity (Wildman–Crippen MR) is 97.4 cm³/mol. The van der Waals surface area contributed by atoms with Crippen molar-refractivity contribution < 1.29 is 19.5 Å². The monoisotopic (exact) mass is 361 g/mol. The average molecular weight is 361 g/mol. The minimum Gasteiger partial charge on any atom is -0.481 e. The van der Waals surface area contributed by atoms with Gasteiger partial charge >= 0.3 is 12.0 Å². The first-order chi connectivity index (χ1) is 12.4. The molecule has 1 aromatic carbocycles. The summed E-state index contributed by atoms with van der Waals surface area (Å²) >= 11 is 0. The molecule has 2 atom stereocenters. The van der Waals surface area contributed by atoms with Gasteiger partial charge in [0.1, 0.15) is 0 Å². The summed E-state index contributed by atoms with van der Waals surface area (Å²) in [5.74, 6) is -1.28. The zero-order chi connectivity index (χ0) is 19.1. The van der Waals surface area contributed by atoms with Crippen molar-refractivity contribution in [1.82, 2.24) is 15.1 Å². The molecule has 2 rings (SSSR count). The first kappa shape index (κ1) is 19.8. The highest BCUT2D eigenvalue weighted by Gasteiger charge is 2.32. The van der Waals surface area contributed by atoms with Gasteiger partial charge in [-0.25, -0.2) is 4.79 Å². The molecule has 2 N–H and O–H groups in total. The fraction of sp³-hybridized carbons (Fsp3) is 0.526. The van der Waals surface area contributed by atoms with Crippen LogP contribution in [0.3, 0.4) is 0 Å². The maximum Gasteiger partial charge on any atom is 0.317 e. The van der Waals surface area contributed by atoms with E-state index in [9.17, 15) is 14.4 Å². The smallest absolute Gasteiger partial charge is 0.317 e. The van der Waals surface area contributed by atoms with Crippen LogP contribution in [0.5, 0.6) is 0 Å². The molecule has 1 saturated heterocycles. The Labute approximate surface area is 154 Å². The van der Waals surface area contributed by atoms with Crippen molar-refractivity contribution in [3.63, 3.8) is 0 Å². The highest BCUT2D eigenvalue weighted by Crippen LogP contribution is 2.23. The molecule has 1 aliphatic rings. The van der Waals surface area contributed by atoms with Crippen molar-refractivity contribution in [3.05, 3.63) is 35.9 Å². The van der Waals surface area contributed by atoms with Gasteiger partial charge in [0.25, 0.3) is 0 Å². The first-order valence-electron chi connectivity index (χ1n) is 8.92. The lowest BCUT2D eigenvalue weighted by Crippen LogP contribution is -2.46. The van der Waals surface area contributed by atoms with Crippen LogP contribution in [0.25, 0.3) is 0 Å². The number of piperidine rings is 1. The molecule has 26 heavy (non-hydrogen) atoms. The van der Waals surface area contributed by atoms with Gasteiger partial charge in [0.05, 0.1) is 5.92 Å². The maximum atomic E-state index is 12.3. The summed E-state index contributed by atoms with van der Waals surface area (Å²) in [5.41, 5.74) is 1.04. The van der Waals surface area contributed by atoms with Gasteiger partial charge in [-0.15, -0.1) is 0 Å². The van der Waals surface area contributed by atoms with E-state index in [0.717, 1.165) is 5.56 Å². The van der Waals surface area contributed by atoms with Gasteiger partial charge in [-0.2, -0.15) is 0 Å². The standard InChI is InChI=1S/C19H27N3O4/c1-14-12-22(11-9-16(14)18(24)25)17(23)8-10-20-19(26)21(2)13-15-6-4-3-5-7-15/h3-7,14,16H,8-13H2,1-2H3,(H,20,26)(H,24,25). The Morgan fingerprint density at radius 1 is 1.27 bits per heavy atom. The minimum absolute atomic E-state index is 0.0494. The van der Waals surface area contributed by atoms with Gasteiger partial charge in [0, 0.05) is 39.6 Å². The molecule has 0 saturated carbocycles. The fourth-order valence-electron chi connectivity index (χ4n) is 3.24. The van der Waals surface area contributed by atoms with E-state index in [1.54, 1.807) is 16.8 Å². The number of benzene rings is 1. The van der Waals surface area contributed by atoms with Crippen LogP contribution in [-0.2, 0) is 16.1 Å². The molecule has 3 amide bonds. The van der Waals surface area contributed by atoms with Gasteiger partial charge in [0.2, 0.25) is 5.91 Å². The van der Waals surface area contributed by atoms with Crippen molar-refractivity contribution in [2.45, 2.75) is 26.3 Å². The van der Waals surface area contributed by atoms with Crippen LogP contribution in [0.2, 0.25) is 0 Å². The highest BCUT2D eigenvalue weighted by atomic mass is 16.4. The minimum atomic E-state index is -0.793. The quantitative estimate of drug-likeness (QED) is 0.808. The highest BCUT2D eigenvalue weighted by molar-refractivity contribution is 5.79. The van der Waals surface area contributed by atoms with Gasteiger partial charge < -0.3 is 20.2 Å². The molecule has 1 aliphatic heterocycles. The zero-order valence-corrected chi connectivity index (χ0v) is 15.4. The van der Waals surface area contributed by atoms with E-state index in [-0.39, 0.29) is 36.7 Å². The summed E-state index contributed by atoms with van der Waals surface area (Å²) in [6, 6.07) is 9.46. The van der Waals surface area contributed by atoms with Crippen molar-refractivity contribution in [2.24, 2.45) is 11.8 Å². The summed E-state index contributed by atoms with van der Waals surface area (Å²) in [6.07, 6.45) is 0.698. The summed E-state index contributed by atoms with van der Waals surface area (Å²) in [6.45, 7) is 3.54. The fourth-order valence-corrected chi connectivity index (χ4v) is 3.24. The van der Waals surface area contributed by atoms with Gasteiger partial charge in [-0.3, -0.25) is 9.59 Å². The van der Waals surface area contributed by atoms with E-state index in [1.807, 2.05) is 37.3 Å². The molecule has 1 fully saturated rings. The number of hydrogen-bond donors (Lipinski definition) is 2. The van der Waals surface area contributed by atoms with E-state index in [0.29, 0.717) is 26.1 Å². The largest absolute Gasteiger partial charge is 0.481 e. The molecule has 1 aromatic rings. The van der Waals surface area contributed by atoms with Crippen molar-refractivity contribution >= 4 is 17.9 Å². The molecule has 0 bridgehead atoms. The second-order valence-corrected chi connectivity index (χ2v) is 6.87. The zero-order valence-electron chi connectivity index (χ0n) is 15.4. The third-order valence-corrected chi connectivity index (χ3v) is 4.80. The molecule has 0 aliphatic carbocycles. The summed E-state index contributed by atoms with van der Waals surface area (Å²) < 4.78 is 0. The van der Waals surface area contributed by atoms with Crippen molar-refractivity contribution in [3.8, 4) is 0 Å². The summed E-state index contributed by atoms with van der Waals surface area (Å²) in [4.78, 5) is 38.8. The van der Waals surface area contributed by atoms with Crippen LogP contribution in [-0.4, -0.2) is 59.5 Å². The lowest BCUT2D eigenvalue weighted by atomic mass is 9.87. The Balaban J connectivity index is 1.71. The Bertz CT molecular complexity index is 635. The number of amides is 3. The van der Waals surface area contributed by atoms with Gasteiger partial charge in [0.15, 0.2) is 0 Å². The third kappa shape index (κ3) is 5.47. The molecule has 2 unspecified atom stereocenters. The van der Waals surface area contributed by atoms with E-state index in [1.165, 1.54) is 0 Å². The number of aliphatic carboxylic acids is 1. The molecule has 0 aromatic heterocycles. The van der Waals surface area contributed by atoms with E-state index in [2.05, 4.69) is 5.32 Å². The Morgan fingerprint density at radius 3 is 2.58 bits per heavy atom. The Morgan fingerprint density at radius 2 is 1.96 bits per heavy atom. The predicted octanol–water partition coefficient (Wildman–Crippen LogP) is 1.79. The summed E-state index contributed by atoms with van der Waals surface area (Å²) in [5, 5.41) is 11.9. The van der Waals surface area contributed by atoms with Crippen LogP contribution in [0.1, 0.15) is 25.3 Å². The first-order valence-corrected chi connectivity index (χ1v) is 8.92. The van der Waals surface area contributed by atoms with E-state index in [4.69, 9.17) is 5.11 Å². The molecule has 0 radical (unpaired) electrons. The number of nitrogens with one attached hydrogen (secondary N) is 1. The second-order valence-electron chi connectivity index (χ2n) is 6.87. The number of carbonyl (C=O) groups is 3. The number of rotatable bonds is 6. The topological polar surface area (TPSA) is 90.0 Å².